The molecule has 0 aliphatic rings. The van der Waals surface area contributed by atoms with E-state index in [1.165, 1.54) is 0 Å². The first kappa shape index (κ1) is 23.1. The van der Waals surface area contributed by atoms with E-state index in [2.05, 4.69) is 53.8 Å². The minimum Gasteiger partial charge on any atom is -0.394 e. The molecule has 0 saturated heterocycles. The van der Waals surface area contributed by atoms with Gasteiger partial charge in [0.2, 0.25) is 17.7 Å². The maximum absolute atomic E-state index is 12.2. The van der Waals surface area contributed by atoms with Gasteiger partial charge in [0.1, 0.15) is 24.4 Å². The molecule has 0 aliphatic heterocycles. The first-order valence-corrected chi connectivity index (χ1v) is 8.79. The summed E-state index contributed by atoms with van der Waals surface area (Å²) in [5.41, 5.74) is 5.50. The van der Waals surface area contributed by atoms with Crippen molar-refractivity contribution in [3.63, 3.8) is 0 Å². The molecule has 0 radical (unpaired) electrons. The van der Waals surface area contributed by atoms with Crippen LogP contribution in [0.25, 0.3) is 0 Å². The largest absolute Gasteiger partial charge is 0.394 e. The lowest BCUT2D eigenvalue weighted by atomic mass is 10.2. The summed E-state index contributed by atoms with van der Waals surface area (Å²) in [7, 11) is 0. The molecule has 24 heavy (non-hydrogen) atoms. The molecule has 0 spiro atoms. The van der Waals surface area contributed by atoms with Crippen LogP contribution in [-0.2, 0) is 19.2 Å². The molecule has 4 atom stereocenters. The number of nitrogens with two attached hydrogens (primary N) is 1. The van der Waals surface area contributed by atoms with Gasteiger partial charge in [-0.25, -0.2) is 0 Å². The zero-order chi connectivity index (χ0) is 18.7. The highest BCUT2D eigenvalue weighted by Gasteiger charge is 2.27. The molecule has 0 saturated carbocycles. The normalized spacial score (nSPS) is 15.5. The minimum absolute atomic E-state index is 0.0224. The van der Waals surface area contributed by atoms with E-state index in [9.17, 15) is 19.2 Å². The average Bonchev–Trinajstić information content (AvgIpc) is 2.60. The topological polar surface area (TPSA) is 151 Å². The van der Waals surface area contributed by atoms with Gasteiger partial charge < -0.3 is 31.6 Å². The molecule has 6 N–H and O–H groups in total. The van der Waals surface area contributed by atoms with Crippen LogP contribution in [-0.4, -0.2) is 77.1 Å². The number of hydrogen-bond donors (Lipinski definition) is 8. The molecule has 0 rings (SSSR count). The summed E-state index contributed by atoms with van der Waals surface area (Å²) in [5, 5.41) is 15.9. The Morgan fingerprint density at radius 2 is 1.38 bits per heavy atom. The Balaban J connectivity index is 4.78. The van der Waals surface area contributed by atoms with Gasteiger partial charge in [0.25, 0.3) is 0 Å². The number of rotatable bonds is 11. The smallest absolute Gasteiger partial charge is 0.244 e. The van der Waals surface area contributed by atoms with Gasteiger partial charge in [0.15, 0.2) is 0 Å². The highest BCUT2D eigenvalue weighted by Crippen LogP contribution is 1.96. The number of nitrogens with one attached hydrogen (secondary N) is 3. The second kappa shape index (κ2) is 12.4. The van der Waals surface area contributed by atoms with Crippen LogP contribution < -0.4 is 21.7 Å². The minimum atomic E-state index is -1.08. The Morgan fingerprint density at radius 1 is 0.917 bits per heavy atom. The Hall–Kier alpha value is -0.950. The molecule has 0 aromatic heterocycles. The number of carbonyl (C=O) groups excluding carboxylic acids is 4. The zero-order valence-corrected chi connectivity index (χ0v) is 15.4. The van der Waals surface area contributed by atoms with E-state index in [-0.39, 0.29) is 17.3 Å². The quantitative estimate of drug-likeness (QED) is 0.135. The number of hydrogen-bond acceptors (Lipinski definition) is 9. The van der Waals surface area contributed by atoms with Crippen LogP contribution in [0.1, 0.15) is 0 Å². The monoisotopic (exact) mass is 398 g/mol. The second-order valence-electron chi connectivity index (χ2n) is 4.71. The summed E-state index contributed by atoms with van der Waals surface area (Å²) in [6, 6.07) is -4.04. The zero-order valence-electron chi connectivity index (χ0n) is 12.7. The third-order valence-electron chi connectivity index (χ3n) is 2.85. The summed E-state index contributed by atoms with van der Waals surface area (Å²) in [6.45, 7) is -0.570. The molecule has 0 heterocycles. The van der Waals surface area contributed by atoms with Gasteiger partial charge in [0.05, 0.1) is 12.6 Å². The molecule has 0 aromatic rings. The fourth-order valence-electron chi connectivity index (χ4n) is 1.43. The Labute approximate surface area is 156 Å². The predicted molar refractivity (Wildman–Crippen MR) is 98.5 cm³/mol. The molecule has 9 nitrogen and oxygen atoms in total. The van der Waals surface area contributed by atoms with Crippen LogP contribution in [0.4, 0.5) is 0 Å². The Bertz CT molecular complexity index is 454. The van der Waals surface area contributed by atoms with Gasteiger partial charge in [-0.2, -0.15) is 37.9 Å². The van der Waals surface area contributed by atoms with E-state index in [1.54, 1.807) is 0 Å². The lowest BCUT2D eigenvalue weighted by Gasteiger charge is -2.22. The number of thiol groups is 3. The maximum Gasteiger partial charge on any atom is 0.244 e. The van der Waals surface area contributed by atoms with Gasteiger partial charge in [0, 0.05) is 17.3 Å². The van der Waals surface area contributed by atoms with Crippen LogP contribution >= 0.6 is 37.9 Å². The predicted octanol–water partition coefficient (Wildman–Crippen LogP) is -3.25. The van der Waals surface area contributed by atoms with Crippen molar-refractivity contribution in [3.8, 4) is 0 Å². The van der Waals surface area contributed by atoms with Crippen LogP contribution in [0.2, 0.25) is 0 Å². The van der Waals surface area contributed by atoms with Crippen molar-refractivity contribution in [1.29, 1.82) is 0 Å². The van der Waals surface area contributed by atoms with E-state index >= 15 is 0 Å². The number of aliphatic hydroxyl groups is 1. The highest BCUT2D eigenvalue weighted by molar-refractivity contribution is 7.80. The van der Waals surface area contributed by atoms with Crippen molar-refractivity contribution in [1.82, 2.24) is 16.0 Å². The van der Waals surface area contributed by atoms with Crippen LogP contribution in [0.15, 0.2) is 0 Å². The molecule has 0 fully saturated rings. The van der Waals surface area contributed by atoms with Crippen molar-refractivity contribution in [2.75, 3.05) is 23.9 Å². The fraction of sp³-hybridized carbons (Fsp3) is 0.667. The van der Waals surface area contributed by atoms with Crippen molar-refractivity contribution in [2.24, 2.45) is 5.73 Å². The van der Waals surface area contributed by atoms with Crippen LogP contribution in [0.5, 0.6) is 0 Å². The maximum atomic E-state index is 12.2. The molecule has 0 aliphatic carbocycles. The van der Waals surface area contributed by atoms with Gasteiger partial charge in [-0.1, -0.05) is 0 Å². The fourth-order valence-corrected chi connectivity index (χ4v) is 2.11. The van der Waals surface area contributed by atoms with E-state index in [4.69, 9.17) is 10.8 Å². The number of aldehydes is 1. The second-order valence-corrected chi connectivity index (χ2v) is 5.81. The molecule has 12 heteroatoms. The standard InChI is InChI=1S/C12H22N4O5S3/c13-7(3-22)10(19)15-9(5-24)12(21)16-8(4-23)11(20)14-6(1-17)2-18/h1,6-9,18,22-24H,2-5,13H2,(H,14,20)(H,15,19)(H,16,21)/t6-,7+,8+,9+/m1/s1. The molecular weight excluding hydrogens is 376 g/mol. The third-order valence-corrected chi connectivity index (χ3v) is 3.98. The Kier molecular flexibility index (Phi) is 11.9. The molecule has 0 unspecified atom stereocenters. The number of amides is 3. The number of aliphatic hydroxyl groups excluding tert-OH is 1. The summed E-state index contributed by atoms with van der Waals surface area (Å²) >= 11 is 11.8. The first-order chi connectivity index (χ1) is 11.3. The van der Waals surface area contributed by atoms with E-state index < -0.39 is 48.5 Å². The SMILES string of the molecule is N[C@@H](CS)C(=O)N[C@@H](CS)C(=O)N[C@@H](CS)C(=O)N[C@H](C=O)CO. The van der Waals surface area contributed by atoms with Crippen molar-refractivity contribution in [2.45, 2.75) is 24.2 Å². The lowest BCUT2D eigenvalue weighted by molar-refractivity contribution is -0.132. The van der Waals surface area contributed by atoms with E-state index in [0.29, 0.717) is 6.29 Å². The number of carbonyl (C=O) groups is 4. The first-order valence-electron chi connectivity index (χ1n) is 6.89. The van der Waals surface area contributed by atoms with E-state index in [0.717, 1.165) is 0 Å². The van der Waals surface area contributed by atoms with Crippen molar-refractivity contribution in [3.05, 3.63) is 0 Å². The summed E-state index contributed by atoms with van der Waals surface area (Å²) in [6.07, 6.45) is 0.366. The lowest BCUT2D eigenvalue weighted by Crippen LogP contribution is -2.58. The molecule has 3 amide bonds. The van der Waals surface area contributed by atoms with Gasteiger partial charge >= 0.3 is 0 Å². The van der Waals surface area contributed by atoms with Crippen LogP contribution in [0.3, 0.4) is 0 Å². The molecular formula is C12H22N4O5S3. The molecule has 138 valence electrons. The highest BCUT2D eigenvalue weighted by atomic mass is 32.1. The summed E-state index contributed by atoms with van der Waals surface area (Å²) in [4.78, 5) is 46.4. The molecule has 0 aromatic carbocycles. The van der Waals surface area contributed by atoms with Gasteiger partial charge in [-0.05, 0) is 0 Å². The van der Waals surface area contributed by atoms with Gasteiger partial charge in [-0.15, -0.1) is 0 Å². The van der Waals surface area contributed by atoms with Crippen LogP contribution in [0, 0.1) is 0 Å². The average molecular weight is 399 g/mol. The van der Waals surface area contributed by atoms with E-state index in [1.807, 2.05) is 0 Å². The third kappa shape index (κ3) is 7.75. The molecule has 0 bridgehead atoms. The van der Waals surface area contributed by atoms with Crippen molar-refractivity contribution < 1.29 is 24.3 Å². The summed E-state index contributed by atoms with van der Waals surface area (Å²) in [5.74, 6) is -1.91. The van der Waals surface area contributed by atoms with Gasteiger partial charge in [-0.3, -0.25) is 14.4 Å². The Morgan fingerprint density at radius 3 is 1.75 bits per heavy atom. The summed E-state index contributed by atoms with van der Waals surface area (Å²) < 4.78 is 0. The van der Waals surface area contributed by atoms with Crippen molar-refractivity contribution >= 4 is 61.9 Å².